The molecule has 0 spiro atoms. The van der Waals surface area contributed by atoms with Gasteiger partial charge in [0.15, 0.2) is 0 Å². The van der Waals surface area contributed by atoms with Crippen molar-refractivity contribution >= 4 is 51.1 Å². The number of rotatable bonds is 5. The number of carbonyl (C=O) groups is 3. The van der Waals surface area contributed by atoms with Gasteiger partial charge in [-0.3, -0.25) is 19.3 Å². The molecule has 1 saturated heterocycles. The maximum atomic E-state index is 12.5. The Hall–Kier alpha value is -2.38. The van der Waals surface area contributed by atoms with E-state index in [1.807, 2.05) is 60.7 Å². The van der Waals surface area contributed by atoms with Gasteiger partial charge in [0.25, 0.3) is 0 Å². The Morgan fingerprint density at radius 3 is 2.00 bits per heavy atom. The van der Waals surface area contributed by atoms with Crippen LogP contribution in [-0.2, 0) is 14.4 Å². The number of fused-ring (bicyclic) bond motifs is 1. The van der Waals surface area contributed by atoms with Crippen LogP contribution in [0.25, 0.3) is 0 Å². The summed E-state index contributed by atoms with van der Waals surface area (Å²) in [5, 5.41) is 2.77. The number of nitrogens with one attached hydrogen (secondary N) is 1. The Morgan fingerprint density at radius 2 is 1.45 bits per heavy atom. The highest BCUT2D eigenvalue weighted by Crippen LogP contribution is 2.35. The first-order chi connectivity index (χ1) is 14.0. The Morgan fingerprint density at radius 1 is 0.931 bits per heavy atom. The van der Waals surface area contributed by atoms with Gasteiger partial charge in [-0.15, -0.1) is 0 Å². The summed E-state index contributed by atoms with van der Waals surface area (Å²) in [5.41, 5.74) is 0.633. The van der Waals surface area contributed by atoms with Crippen molar-refractivity contribution in [3.63, 3.8) is 0 Å². The van der Waals surface area contributed by atoms with Gasteiger partial charge in [-0.1, -0.05) is 39.8 Å². The molecule has 2 aromatic rings. The van der Waals surface area contributed by atoms with E-state index in [1.165, 1.54) is 0 Å². The molecule has 1 heterocycles. The number of allylic oxidation sites excluding steroid dienone is 2. The van der Waals surface area contributed by atoms with Gasteiger partial charge in [-0.05, 0) is 61.4 Å². The fourth-order valence-corrected chi connectivity index (χ4v) is 4.69. The summed E-state index contributed by atoms with van der Waals surface area (Å²) in [7, 11) is 0. The zero-order valence-electron chi connectivity index (χ0n) is 15.5. The summed E-state index contributed by atoms with van der Waals surface area (Å²) in [6.45, 7) is -0.236. The molecule has 4 rings (SSSR count). The van der Waals surface area contributed by atoms with E-state index in [1.54, 1.807) is 11.8 Å². The number of benzene rings is 2. The number of imide groups is 1. The van der Waals surface area contributed by atoms with Crippen LogP contribution in [0.4, 0.5) is 5.69 Å². The molecule has 1 fully saturated rings. The topological polar surface area (TPSA) is 66.5 Å². The van der Waals surface area contributed by atoms with E-state index in [-0.39, 0.29) is 36.1 Å². The summed E-state index contributed by atoms with van der Waals surface area (Å²) in [6, 6.07) is 15.5. The predicted molar refractivity (Wildman–Crippen MR) is 115 cm³/mol. The highest BCUT2D eigenvalue weighted by atomic mass is 79.9. The number of halogens is 1. The Bertz CT molecular complexity index is 947. The molecule has 2 aliphatic rings. The van der Waals surface area contributed by atoms with Crippen LogP contribution in [0, 0.1) is 11.8 Å². The van der Waals surface area contributed by atoms with Gasteiger partial charge in [0.1, 0.15) is 6.54 Å². The molecule has 5 nitrogen and oxygen atoms in total. The third kappa shape index (κ3) is 4.46. The van der Waals surface area contributed by atoms with Crippen LogP contribution in [0.2, 0.25) is 0 Å². The predicted octanol–water partition coefficient (Wildman–Crippen LogP) is 4.49. The van der Waals surface area contributed by atoms with E-state index < -0.39 is 0 Å². The van der Waals surface area contributed by atoms with E-state index in [0.29, 0.717) is 18.5 Å². The highest BCUT2D eigenvalue weighted by Gasteiger charge is 2.47. The van der Waals surface area contributed by atoms with Crippen molar-refractivity contribution in [3.8, 4) is 0 Å². The molecule has 2 atom stereocenters. The second kappa shape index (κ2) is 8.55. The minimum absolute atomic E-state index is 0.235. The van der Waals surface area contributed by atoms with Gasteiger partial charge in [0, 0.05) is 20.0 Å². The number of nitrogens with zero attached hydrogens (tertiary/aromatic N) is 1. The third-order valence-electron chi connectivity index (χ3n) is 5.09. The SMILES string of the molecule is O=C(CN1C(=O)C2CC=CCC2C1=O)Nc1ccc(Sc2ccc(Br)cc2)cc1. The van der Waals surface area contributed by atoms with Gasteiger partial charge in [0.2, 0.25) is 17.7 Å². The van der Waals surface area contributed by atoms with Gasteiger partial charge in [-0.25, -0.2) is 0 Å². The zero-order chi connectivity index (χ0) is 20.4. The monoisotopic (exact) mass is 470 g/mol. The third-order valence-corrected chi connectivity index (χ3v) is 6.63. The largest absolute Gasteiger partial charge is 0.325 e. The van der Waals surface area contributed by atoms with E-state index in [9.17, 15) is 14.4 Å². The first kappa shape index (κ1) is 19.9. The Labute approximate surface area is 181 Å². The Kier molecular flexibility index (Phi) is 5.87. The Balaban J connectivity index is 1.34. The van der Waals surface area contributed by atoms with Crippen molar-refractivity contribution in [3.05, 3.63) is 65.2 Å². The lowest BCUT2D eigenvalue weighted by Crippen LogP contribution is -2.38. The number of hydrogen-bond donors (Lipinski definition) is 1. The fourth-order valence-electron chi connectivity index (χ4n) is 3.61. The summed E-state index contributed by atoms with van der Waals surface area (Å²) in [6.07, 6.45) is 5.02. The molecular weight excluding hydrogens is 452 g/mol. The fraction of sp³-hybridized carbons (Fsp3) is 0.227. The minimum Gasteiger partial charge on any atom is -0.325 e. The van der Waals surface area contributed by atoms with Gasteiger partial charge < -0.3 is 5.32 Å². The number of anilines is 1. The second-order valence-corrected chi connectivity index (χ2v) is 9.11. The minimum atomic E-state index is -0.369. The summed E-state index contributed by atoms with van der Waals surface area (Å²) in [4.78, 5) is 40.6. The quantitative estimate of drug-likeness (QED) is 0.516. The molecule has 0 aromatic heterocycles. The van der Waals surface area contributed by atoms with Crippen molar-refractivity contribution in [2.24, 2.45) is 11.8 Å². The molecule has 0 saturated carbocycles. The maximum absolute atomic E-state index is 12.5. The van der Waals surface area contributed by atoms with Crippen molar-refractivity contribution in [2.75, 3.05) is 11.9 Å². The maximum Gasteiger partial charge on any atom is 0.244 e. The number of carbonyl (C=O) groups excluding carboxylic acids is 3. The lowest BCUT2D eigenvalue weighted by atomic mass is 9.85. The summed E-state index contributed by atoms with van der Waals surface area (Å²) in [5.74, 6) is -1.46. The molecule has 2 aromatic carbocycles. The van der Waals surface area contributed by atoms with E-state index in [2.05, 4.69) is 21.2 Å². The molecule has 3 amide bonds. The average molecular weight is 471 g/mol. The summed E-state index contributed by atoms with van der Waals surface area (Å²) >= 11 is 5.05. The normalized spacial score (nSPS) is 20.7. The number of likely N-dealkylation sites (tertiary alicyclic amines) is 1. The van der Waals surface area contributed by atoms with E-state index in [4.69, 9.17) is 0 Å². The lowest BCUT2D eigenvalue weighted by Gasteiger charge is -2.14. The van der Waals surface area contributed by atoms with Gasteiger partial charge >= 0.3 is 0 Å². The van der Waals surface area contributed by atoms with Crippen LogP contribution < -0.4 is 5.32 Å². The highest BCUT2D eigenvalue weighted by molar-refractivity contribution is 9.10. The average Bonchev–Trinajstić information content (AvgIpc) is 2.96. The lowest BCUT2D eigenvalue weighted by molar-refractivity contribution is -0.142. The van der Waals surface area contributed by atoms with Crippen LogP contribution in [0.15, 0.2) is 74.9 Å². The first-order valence-electron chi connectivity index (χ1n) is 9.35. The molecule has 29 heavy (non-hydrogen) atoms. The molecule has 0 bridgehead atoms. The van der Waals surface area contributed by atoms with E-state index >= 15 is 0 Å². The van der Waals surface area contributed by atoms with Crippen LogP contribution in [0.3, 0.4) is 0 Å². The molecule has 7 heteroatoms. The van der Waals surface area contributed by atoms with E-state index in [0.717, 1.165) is 19.2 Å². The molecular formula is C22H19BrN2O3S. The molecule has 1 aliphatic carbocycles. The summed E-state index contributed by atoms with van der Waals surface area (Å²) < 4.78 is 1.03. The van der Waals surface area contributed by atoms with Crippen molar-refractivity contribution in [1.29, 1.82) is 0 Å². The molecule has 2 unspecified atom stereocenters. The van der Waals surface area contributed by atoms with Crippen LogP contribution in [-0.4, -0.2) is 29.2 Å². The second-order valence-electron chi connectivity index (χ2n) is 7.05. The van der Waals surface area contributed by atoms with Crippen LogP contribution in [0.5, 0.6) is 0 Å². The van der Waals surface area contributed by atoms with Crippen LogP contribution >= 0.6 is 27.7 Å². The van der Waals surface area contributed by atoms with Crippen molar-refractivity contribution < 1.29 is 14.4 Å². The zero-order valence-corrected chi connectivity index (χ0v) is 17.9. The number of hydrogen-bond acceptors (Lipinski definition) is 4. The molecule has 148 valence electrons. The molecule has 0 radical (unpaired) electrons. The number of amides is 3. The van der Waals surface area contributed by atoms with Crippen LogP contribution in [0.1, 0.15) is 12.8 Å². The smallest absolute Gasteiger partial charge is 0.244 e. The molecule has 1 N–H and O–H groups in total. The first-order valence-corrected chi connectivity index (χ1v) is 11.0. The van der Waals surface area contributed by atoms with Gasteiger partial charge in [-0.2, -0.15) is 0 Å². The van der Waals surface area contributed by atoms with Gasteiger partial charge in [0.05, 0.1) is 11.8 Å². The standard InChI is InChI=1S/C22H19BrN2O3S/c23-14-5-9-16(10-6-14)29-17-11-7-15(8-12-17)24-20(26)13-25-21(27)18-3-1-2-4-19(18)22(25)28/h1-2,5-12,18-19H,3-4,13H2,(H,24,26). The van der Waals surface area contributed by atoms with Crippen molar-refractivity contribution in [2.45, 2.75) is 22.6 Å². The van der Waals surface area contributed by atoms with Crippen molar-refractivity contribution in [1.82, 2.24) is 4.90 Å². The molecule has 1 aliphatic heterocycles.